The number of amides is 1. The van der Waals surface area contributed by atoms with E-state index in [-0.39, 0.29) is 30.2 Å². The summed E-state index contributed by atoms with van der Waals surface area (Å²) in [4.78, 5) is 59.9. The second-order valence-electron chi connectivity index (χ2n) is 10.1. The van der Waals surface area contributed by atoms with Crippen LogP contribution in [0.25, 0.3) is 0 Å². The van der Waals surface area contributed by atoms with Crippen molar-refractivity contribution in [1.82, 2.24) is 15.3 Å². The summed E-state index contributed by atoms with van der Waals surface area (Å²) in [6, 6.07) is 8.45. The summed E-state index contributed by atoms with van der Waals surface area (Å²) in [5.41, 5.74) is 0.955. The van der Waals surface area contributed by atoms with Gasteiger partial charge in [-0.1, -0.05) is 50.6 Å². The van der Waals surface area contributed by atoms with E-state index in [2.05, 4.69) is 19.6 Å². The summed E-state index contributed by atoms with van der Waals surface area (Å²) in [7, 11) is 0. The molecule has 2 aliphatic heterocycles. The van der Waals surface area contributed by atoms with Gasteiger partial charge in [-0.15, -0.1) is 0 Å². The van der Waals surface area contributed by atoms with Gasteiger partial charge >= 0.3 is 18.7 Å². The van der Waals surface area contributed by atoms with Crippen LogP contribution in [0, 0.1) is 5.92 Å². The Hall–Kier alpha value is -3.60. The molecule has 1 aromatic carbocycles. The first-order valence-corrected chi connectivity index (χ1v) is 12.6. The van der Waals surface area contributed by atoms with Crippen LogP contribution in [0.15, 0.2) is 48.9 Å². The van der Waals surface area contributed by atoms with Gasteiger partial charge in [0.1, 0.15) is 5.69 Å². The third-order valence-electron chi connectivity index (χ3n) is 7.01. The van der Waals surface area contributed by atoms with Crippen molar-refractivity contribution in [1.29, 1.82) is 0 Å². The molecule has 0 saturated carbocycles. The second kappa shape index (κ2) is 10.8. The quantitative estimate of drug-likeness (QED) is 0.383. The summed E-state index contributed by atoms with van der Waals surface area (Å²) < 4.78 is 14.2. The van der Waals surface area contributed by atoms with Gasteiger partial charge in [0, 0.05) is 32.1 Å². The zero-order valence-electron chi connectivity index (χ0n) is 21.5. The Kier molecular flexibility index (Phi) is 7.72. The standard InChI is InChI=1S/C26H32BN3O7/c1-16(2)12-20(27-35-25(33)17(3)37(27)18(4)26(34)36-27)14-23(31)21(13-19-8-6-5-7-9-19)30-24(32)22-15-28-10-11-29-22/h5-11,15-18,20-21H,12-14H2,1-4H3,(H,30,32)/t17-,18-,20+,21-/m0/s1. The van der Waals surface area contributed by atoms with Gasteiger partial charge < -0.3 is 18.9 Å². The van der Waals surface area contributed by atoms with Crippen molar-refractivity contribution < 1.29 is 32.8 Å². The minimum absolute atomic E-state index is 0.0695. The fraction of sp³-hybridized carbons (Fsp3) is 0.462. The number of nitrogens with one attached hydrogen (secondary N) is 1. The fourth-order valence-electron chi connectivity index (χ4n) is 5.31. The first kappa shape index (κ1) is 26.5. The third kappa shape index (κ3) is 5.41. The van der Waals surface area contributed by atoms with Crippen LogP contribution in [-0.4, -0.2) is 58.6 Å². The average Bonchev–Trinajstić information content (AvgIpc) is 3.28. The van der Waals surface area contributed by atoms with Crippen molar-refractivity contribution in [2.45, 2.75) is 71.0 Å². The van der Waals surface area contributed by atoms with Gasteiger partial charge in [-0.05, 0) is 24.3 Å². The third-order valence-corrected chi connectivity index (χ3v) is 7.01. The average molecular weight is 509 g/mol. The van der Waals surface area contributed by atoms with Gasteiger partial charge in [-0.2, -0.15) is 0 Å². The van der Waals surface area contributed by atoms with Crippen LogP contribution < -0.4 is 5.32 Å². The van der Waals surface area contributed by atoms with E-state index in [1.165, 1.54) is 18.6 Å². The smallest absolute Gasteiger partial charge is 0.579 e. The van der Waals surface area contributed by atoms with Crippen LogP contribution in [0.2, 0.25) is 5.82 Å². The Morgan fingerprint density at radius 2 is 1.70 bits per heavy atom. The van der Waals surface area contributed by atoms with Crippen molar-refractivity contribution in [3.63, 3.8) is 0 Å². The zero-order valence-corrected chi connectivity index (χ0v) is 21.5. The number of carbonyl (C=O) groups is 4. The van der Waals surface area contributed by atoms with Crippen LogP contribution in [0.3, 0.4) is 0 Å². The van der Waals surface area contributed by atoms with Crippen molar-refractivity contribution >= 4 is 30.4 Å². The molecule has 1 amide bonds. The summed E-state index contributed by atoms with van der Waals surface area (Å²) in [6.07, 6.45) is 3.34. The maximum absolute atomic E-state index is 13.8. The molecule has 11 heteroatoms. The summed E-state index contributed by atoms with van der Waals surface area (Å²) >= 11 is 0. The lowest BCUT2D eigenvalue weighted by Crippen LogP contribution is -2.52. The molecule has 2 fully saturated rings. The lowest BCUT2D eigenvalue weighted by atomic mass is 9.57. The first-order chi connectivity index (χ1) is 17.6. The molecule has 4 atom stereocenters. The molecule has 0 unspecified atom stereocenters. The Morgan fingerprint density at radius 3 is 2.27 bits per heavy atom. The van der Waals surface area contributed by atoms with E-state index in [9.17, 15) is 19.2 Å². The molecule has 4 rings (SSSR count). The Balaban J connectivity index is 1.63. The molecule has 0 radical (unpaired) electrons. The maximum Gasteiger partial charge on any atom is 0.688 e. The molecule has 1 N–H and O–H groups in total. The number of nitrogens with zero attached hydrogens (tertiary/aromatic N) is 2. The van der Waals surface area contributed by atoms with E-state index in [0.29, 0.717) is 6.42 Å². The molecule has 1 aromatic heterocycles. The lowest BCUT2D eigenvalue weighted by Gasteiger charge is -2.38. The Bertz CT molecular complexity index is 1140. The molecule has 0 aliphatic carbocycles. The van der Waals surface area contributed by atoms with Crippen molar-refractivity contribution in [2.24, 2.45) is 5.92 Å². The molecule has 37 heavy (non-hydrogen) atoms. The van der Waals surface area contributed by atoms with E-state index in [0.717, 1.165) is 5.56 Å². The zero-order chi connectivity index (χ0) is 26.7. The highest BCUT2D eigenvalue weighted by atomic mass is 16.9. The number of fused-ring (bicyclic) bond motifs is 1. The number of rotatable bonds is 10. The van der Waals surface area contributed by atoms with Crippen LogP contribution in [-0.2, 0) is 34.4 Å². The first-order valence-electron chi connectivity index (χ1n) is 12.6. The van der Waals surface area contributed by atoms with Gasteiger partial charge in [0.2, 0.25) is 12.2 Å². The van der Waals surface area contributed by atoms with Gasteiger partial charge in [0.05, 0.1) is 12.2 Å². The normalized spacial score (nSPS) is 22.2. The van der Waals surface area contributed by atoms with E-state index >= 15 is 0 Å². The molecular formula is C26H32BN3O7. The minimum Gasteiger partial charge on any atom is -0.579 e. The predicted molar refractivity (Wildman–Crippen MR) is 134 cm³/mol. The van der Waals surface area contributed by atoms with Gasteiger partial charge in [0.25, 0.3) is 5.91 Å². The van der Waals surface area contributed by atoms with E-state index in [4.69, 9.17) is 9.31 Å². The number of Topliss-reactive ketones (excluding diaryl/α,β-unsaturated/α-hetero) is 1. The van der Waals surface area contributed by atoms with Crippen LogP contribution in [0.5, 0.6) is 0 Å². The van der Waals surface area contributed by atoms with Crippen LogP contribution >= 0.6 is 0 Å². The summed E-state index contributed by atoms with van der Waals surface area (Å²) in [6.45, 7) is 4.65. The molecule has 10 nitrogen and oxygen atoms in total. The molecule has 0 bridgehead atoms. The topological polar surface area (TPSA) is 127 Å². The van der Waals surface area contributed by atoms with Gasteiger partial charge in [0.15, 0.2) is 5.78 Å². The van der Waals surface area contributed by atoms with E-state index < -0.39 is 48.7 Å². The second-order valence-corrected chi connectivity index (χ2v) is 10.1. The predicted octanol–water partition coefficient (Wildman–Crippen LogP) is 2.58. The SMILES string of the molecule is CC(C)C[C@H](CC(=O)[C@H](Cc1ccccc1)NC(=O)c1cnccn1)[B-]12OC(=O)[C@H](C)[O+]1[C@@H](C)C(=O)O2. The molecule has 2 saturated heterocycles. The number of carbonyl (C=O) groups excluding carboxylic acids is 4. The number of aromatic nitrogens is 2. The minimum atomic E-state index is -2.60. The molecule has 2 aromatic rings. The number of ketones is 1. The highest BCUT2D eigenvalue weighted by Crippen LogP contribution is 2.49. The Morgan fingerprint density at radius 1 is 1.05 bits per heavy atom. The molecule has 196 valence electrons. The fourth-order valence-corrected chi connectivity index (χ4v) is 5.31. The van der Waals surface area contributed by atoms with Crippen molar-refractivity contribution in [2.75, 3.05) is 0 Å². The molecule has 2 aliphatic rings. The van der Waals surface area contributed by atoms with Gasteiger partial charge in [-0.3, -0.25) is 14.6 Å². The van der Waals surface area contributed by atoms with Crippen molar-refractivity contribution in [3.05, 3.63) is 60.2 Å². The van der Waals surface area contributed by atoms with Crippen molar-refractivity contribution in [3.8, 4) is 0 Å². The highest BCUT2D eigenvalue weighted by Gasteiger charge is 2.71. The number of benzene rings is 1. The lowest BCUT2D eigenvalue weighted by molar-refractivity contribution is -0.154. The molecule has 3 heterocycles. The van der Waals surface area contributed by atoms with E-state index in [1.807, 2.05) is 44.2 Å². The van der Waals surface area contributed by atoms with Crippen LogP contribution in [0.4, 0.5) is 0 Å². The Labute approximate surface area is 215 Å². The van der Waals surface area contributed by atoms with Crippen LogP contribution in [0.1, 0.15) is 56.6 Å². The molecule has 0 spiro atoms. The largest absolute Gasteiger partial charge is 0.688 e. The molecular weight excluding hydrogens is 477 g/mol. The summed E-state index contributed by atoms with van der Waals surface area (Å²) in [5, 5.41) is 2.80. The monoisotopic (exact) mass is 509 g/mol. The van der Waals surface area contributed by atoms with E-state index in [1.54, 1.807) is 13.8 Å². The maximum atomic E-state index is 13.8. The highest BCUT2D eigenvalue weighted by molar-refractivity contribution is 6.70. The number of hydrogen-bond acceptors (Lipinski definition) is 8. The number of hydrogen-bond donors (Lipinski definition) is 1. The van der Waals surface area contributed by atoms with Gasteiger partial charge in [-0.25, -0.2) is 14.6 Å². The summed E-state index contributed by atoms with van der Waals surface area (Å²) in [5.74, 6) is -2.31.